The second kappa shape index (κ2) is 6.31. The van der Waals surface area contributed by atoms with Gasteiger partial charge in [-0.05, 0) is 24.3 Å². The van der Waals surface area contributed by atoms with E-state index < -0.39 is 0 Å². The molecule has 0 N–H and O–H groups in total. The molecule has 1 aliphatic rings. The highest BCUT2D eigenvalue weighted by atomic mass is 32.2. The number of methoxy groups -OCH3 is 1. The Morgan fingerprint density at radius 3 is 2.69 bits per heavy atom. The number of hydrogen-bond acceptors (Lipinski definition) is 3. The number of nitrogens with zero attached hydrogens (tertiary/aromatic N) is 1. The van der Waals surface area contributed by atoms with E-state index in [4.69, 9.17) is 4.74 Å². The summed E-state index contributed by atoms with van der Waals surface area (Å²) in [6.45, 7) is 3.17. The average Bonchev–Trinajstić information content (AvgIpc) is 2.19. The van der Waals surface area contributed by atoms with Crippen molar-refractivity contribution >= 4 is 11.8 Å². The van der Waals surface area contributed by atoms with Crippen molar-refractivity contribution < 1.29 is 4.74 Å². The molecule has 0 aromatic rings. The first-order valence-corrected chi connectivity index (χ1v) is 5.85. The van der Waals surface area contributed by atoms with Gasteiger partial charge in [0.25, 0.3) is 0 Å². The molecule has 0 spiro atoms. The van der Waals surface area contributed by atoms with Gasteiger partial charge in [-0.3, -0.25) is 4.90 Å². The highest BCUT2D eigenvalue weighted by Gasteiger charge is 2.17. The molecule has 0 bridgehead atoms. The van der Waals surface area contributed by atoms with Crippen molar-refractivity contribution in [2.24, 2.45) is 0 Å². The molecule has 1 aliphatic heterocycles. The van der Waals surface area contributed by atoms with Crippen LogP contribution in [-0.2, 0) is 4.74 Å². The van der Waals surface area contributed by atoms with Crippen LogP contribution in [0, 0.1) is 11.2 Å². The van der Waals surface area contributed by atoms with Crippen LogP contribution in [0.5, 0.6) is 0 Å². The third-order valence-electron chi connectivity index (χ3n) is 2.34. The fourth-order valence-electron chi connectivity index (χ4n) is 1.52. The SMILES string of the molecule is COC1CCN(CC#CSC)CC1. The largest absolute Gasteiger partial charge is 0.381 e. The number of ether oxygens (including phenoxy) is 1. The number of likely N-dealkylation sites (tertiary alicyclic amines) is 1. The van der Waals surface area contributed by atoms with Gasteiger partial charge >= 0.3 is 0 Å². The van der Waals surface area contributed by atoms with Crippen LogP contribution in [-0.4, -0.2) is 44.0 Å². The van der Waals surface area contributed by atoms with Gasteiger partial charge in [-0.2, -0.15) is 0 Å². The molecule has 1 heterocycles. The summed E-state index contributed by atoms with van der Waals surface area (Å²) in [5, 5.41) is 3.01. The van der Waals surface area contributed by atoms with Crippen LogP contribution >= 0.6 is 11.8 Å². The van der Waals surface area contributed by atoms with Crippen molar-refractivity contribution in [1.82, 2.24) is 4.90 Å². The van der Waals surface area contributed by atoms with Gasteiger partial charge in [0.1, 0.15) is 0 Å². The van der Waals surface area contributed by atoms with Crippen LogP contribution in [0.25, 0.3) is 0 Å². The van der Waals surface area contributed by atoms with E-state index in [0.717, 1.165) is 32.5 Å². The molecule has 13 heavy (non-hydrogen) atoms. The predicted octanol–water partition coefficient (Wildman–Crippen LogP) is 1.42. The van der Waals surface area contributed by atoms with Gasteiger partial charge in [0, 0.05) is 20.2 Å². The lowest BCUT2D eigenvalue weighted by Crippen LogP contribution is -2.36. The molecule has 0 aromatic heterocycles. The first-order valence-electron chi connectivity index (χ1n) is 4.63. The van der Waals surface area contributed by atoms with Gasteiger partial charge in [0.2, 0.25) is 0 Å². The number of rotatable bonds is 2. The Bertz CT molecular complexity index is 189. The van der Waals surface area contributed by atoms with Crippen molar-refractivity contribution in [3.63, 3.8) is 0 Å². The molecule has 1 rings (SSSR count). The average molecular weight is 199 g/mol. The Morgan fingerprint density at radius 2 is 2.15 bits per heavy atom. The van der Waals surface area contributed by atoms with Crippen molar-refractivity contribution in [3.8, 4) is 11.2 Å². The molecule has 1 saturated heterocycles. The zero-order chi connectivity index (χ0) is 9.52. The summed E-state index contributed by atoms with van der Waals surface area (Å²) in [7, 11) is 1.80. The molecule has 0 radical (unpaired) electrons. The minimum atomic E-state index is 0.477. The second-order valence-corrected chi connectivity index (χ2v) is 3.81. The molecular weight excluding hydrogens is 182 g/mol. The maximum Gasteiger partial charge on any atom is 0.0610 e. The van der Waals surface area contributed by atoms with E-state index in [1.165, 1.54) is 0 Å². The Morgan fingerprint density at radius 1 is 1.46 bits per heavy atom. The molecule has 0 unspecified atom stereocenters. The summed E-state index contributed by atoms with van der Waals surface area (Å²) in [6, 6.07) is 0. The summed E-state index contributed by atoms with van der Waals surface area (Å²) in [6.07, 6.45) is 4.78. The molecule has 0 aliphatic carbocycles. The Balaban J connectivity index is 2.17. The third-order valence-corrected chi connectivity index (χ3v) is 2.69. The fourth-order valence-corrected chi connectivity index (χ4v) is 1.73. The molecule has 0 aromatic carbocycles. The first kappa shape index (κ1) is 10.9. The van der Waals surface area contributed by atoms with Crippen LogP contribution in [0.2, 0.25) is 0 Å². The van der Waals surface area contributed by atoms with Gasteiger partial charge in [0.05, 0.1) is 12.6 Å². The van der Waals surface area contributed by atoms with Crippen molar-refractivity contribution in [1.29, 1.82) is 0 Å². The van der Waals surface area contributed by atoms with E-state index in [-0.39, 0.29) is 0 Å². The number of thioether (sulfide) groups is 1. The van der Waals surface area contributed by atoms with Crippen LogP contribution in [0.1, 0.15) is 12.8 Å². The Kier molecular flexibility index (Phi) is 5.29. The highest BCUT2D eigenvalue weighted by Crippen LogP contribution is 2.11. The van der Waals surface area contributed by atoms with Gasteiger partial charge in [-0.1, -0.05) is 17.7 Å². The topological polar surface area (TPSA) is 12.5 Å². The van der Waals surface area contributed by atoms with Crippen LogP contribution in [0.4, 0.5) is 0 Å². The Labute approximate surface area is 85.0 Å². The Hall–Kier alpha value is -0.170. The van der Waals surface area contributed by atoms with Gasteiger partial charge in [-0.15, -0.1) is 0 Å². The number of hydrogen-bond donors (Lipinski definition) is 0. The van der Waals surface area contributed by atoms with E-state index in [2.05, 4.69) is 16.1 Å². The zero-order valence-electron chi connectivity index (χ0n) is 8.38. The van der Waals surface area contributed by atoms with E-state index in [1.54, 1.807) is 18.9 Å². The van der Waals surface area contributed by atoms with Crippen molar-refractivity contribution in [2.45, 2.75) is 18.9 Å². The number of piperidine rings is 1. The van der Waals surface area contributed by atoms with Gasteiger partial charge in [-0.25, -0.2) is 0 Å². The smallest absolute Gasteiger partial charge is 0.0610 e. The van der Waals surface area contributed by atoms with E-state index in [0.29, 0.717) is 6.10 Å². The van der Waals surface area contributed by atoms with E-state index >= 15 is 0 Å². The van der Waals surface area contributed by atoms with E-state index in [9.17, 15) is 0 Å². The van der Waals surface area contributed by atoms with Crippen LogP contribution in [0.15, 0.2) is 0 Å². The monoisotopic (exact) mass is 199 g/mol. The van der Waals surface area contributed by atoms with E-state index in [1.807, 2.05) is 6.26 Å². The van der Waals surface area contributed by atoms with Crippen molar-refractivity contribution in [3.05, 3.63) is 0 Å². The predicted molar refractivity (Wildman–Crippen MR) is 57.8 cm³/mol. The zero-order valence-corrected chi connectivity index (χ0v) is 9.19. The second-order valence-electron chi connectivity index (χ2n) is 3.19. The molecule has 3 heteroatoms. The summed E-state index contributed by atoms with van der Waals surface area (Å²) in [4.78, 5) is 2.39. The lowest BCUT2D eigenvalue weighted by atomic mass is 10.1. The maximum absolute atomic E-state index is 5.30. The molecule has 0 amide bonds. The highest BCUT2D eigenvalue weighted by molar-refractivity contribution is 8.03. The minimum absolute atomic E-state index is 0.477. The van der Waals surface area contributed by atoms with Gasteiger partial charge in [0.15, 0.2) is 0 Å². The molecule has 1 fully saturated rings. The molecule has 2 nitrogen and oxygen atoms in total. The normalized spacial score (nSPS) is 19.5. The molecular formula is C10H17NOS. The fraction of sp³-hybridized carbons (Fsp3) is 0.800. The summed E-state index contributed by atoms with van der Waals surface area (Å²) >= 11 is 1.58. The van der Waals surface area contributed by atoms with Crippen molar-refractivity contribution in [2.75, 3.05) is 33.0 Å². The lowest BCUT2D eigenvalue weighted by Gasteiger charge is -2.29. The lowest BCUT2D eigenvalue weighted by molar-refractivity contribution is 0.0450. The van der Waals surface area contributed by atoms with Crippen LogP contribution < -0.4 is 0 Å². The standard InChI is InChI=1S/C10H17NOS/c1-12-10-4-7-11(8-5-10)6-3-9-13-2/h10H,4-8H2,1-2H3. The summed E-state index contributed by atoms with van der Waals surface area (Å²) < 4.78 is 5.30. The third kappa shape index (κ3) is 4.04. The molecule has 0 saturated carbocycles. The summed E-state index contributed by atoms with van der Waals surface area (Å²) in [5.74, 6) is 3.14. The molecule has 0 atom stereocenters. The maximum atomic E-state index is 5.30. The minimum Gasteiger partial charge on any atom is -0.381 e. The first-order chi connectivity index (χ1) is 6.36. The van der Waals surface area contributed by atoms with Gasteiger partial charge < -0.3 is 4.74 Å². The van der Waals surface area contributed by atoms with Crippen LogP contribution in [0.3, 0.4) is 0 Å². The summed E-state index contributed by atoms with van der Waals surface area (Å²) in [5.41, 5.74) is 0. The molecule has 74 valence electrons. The quantitative estimate of drug-likeness (QED) is 0.624.